The van der Waals surface area contributed by atoms with E-state index in [1.807, 2.05) is 29.6 Å². The Morgan fingerprint density at radius 2 is 2.05 bits per heavy atom. The predicted octanol–water partition coefficient (Wildman–Crippen LogP) is 3.12. The van der Waals surface area contributed by atoms with Crippen LogP contribution in [0.3, 0.4) is 0 Å². The fourth-order valence-corrected chi connectivity index (χ4v) is 2.96. The molecule has 2 aromatic heterocycles. The molecule has 0 fully saturated rings. The smallest absolute Gasteiger partial charge is 0.231 e. The van der Waals surface area contributed by atoms with Gasteiger partial charge in [0.2, 0.25) is 6.79 Å². The zero-order valence-corrected chi connectivity index (χ0v) is 11.2. The van der Waals surface area contributed by atoms with Crippen molar-refractivity contribution in [3.8, 4) is 33.9 Å². The molecule has 0 saturated carbocycles. The molecule has 0 radical (unpaired) electrons. The van der Waals surface area contributed by atoms with Crippen LogP contribution < -0.4 is 15.2 Å². The Morgan fingerprint density at radius 1 is 1.15 bits per heavy atom. The van der Waals surface area contributed by atoms with Crippen molar-refractivity contribution in [2.45, 2.75) is 0 Å². The van der Waals surface area contributed by atoms with E-state index >= 15 is 0 Å². The minimum atomic E-state index is 0.261. The van der Waals surface area contributed by atoms with E-state index in [9.17, 15) is 0 Å². The first-order valence-electron chi connectivity index (χ1n) is 6.09. The van der Waals surface area contributed by atoms with Gasteiger partial charge in [0.25, 0.3) is 0 Å². The molecule has 1 aromatic carbocycles. The SMILES string of the molecule is Nc1n[nH]c(-c2ccsc2)c1-c1ccc2c(c1)OCO2. The second kappa shape index (κ2) is 4.28. The molecule has 0 atom stereocenters. The number of anilines is 1. The number of nitrogen functional groups attached to an aromatic ring is 1. The highest BCUT2D eigenvalue weighted by Crippen LogP contribution is 2.40. The summed E-state index contributed by atoms with van der Waals surface area (Å²) in [6.07, 6.45) is 0. The molecule has 0 aliphatic carbocycles. The zero-order valence-electron chi connectivity index (χ0n) is 10.4. The second-order valence-electron chi connectivity index (χ2n) is 4.44. The number of hydrogen-bond acceptors (Lipinski definition) is 5. The molecular formula is C14H11N3O2S. The summed E-state index contributed by atoms with van der Waals surface area (Å²) in [5.41, 5.74) is 9.86. The number of fused-ring (bicyclic) bond motifs is 1. The van der Waals surface area contributed by atoms with Crippen LogP contribution in [0.25, 0.3) is 22.4 Å². The first-order chi connectivity index (χ1) is 9.83. The van der Waals surface area contributed by atoms with Crippen molar-refractivity contribution in [2.24, 2.45) is 0 Å². The molecule has 3 N–H and O–H groups in total. The third-order valence-electron chi connectivity index (χ3n) is 3.27. The van der Waals surface area contributed by atoms with E-state index in [4.69, 9.17) is 15.2 Å². The number of hydrogen-bond donors (Lipinski definition) is 2. The number of ether oxygens (including phenoxy) is 2. The average molecular weight is 285 g/mol. The Morgan fingerprint density at radius 3 is 2.90 bits per heavy atom. The number of nitrogens with one attached hydrogen (secondary N) is 1. The maximum Gasteiger partial charge on any atom is 0.231 e. The lowest BCUT2D eigenvalue weighted by molar-refractivity contribution is 0.174. The van der Waals surface area contributed by atoms with Crippen molar-refractivity contribution in [3.63, 3.8) is 0 Å². The van der Waals surface area contributed by atoms with Crippen molar-refractivity contribution in [1.29, 1.82) is 0 Å². The van der Waals surface area contributed by atoms with Gasteiger partial charge in [0, 0.05) is 10.9 Å². The highest BCUT2D eigenvalue weighted by molar-refractivity contribution is 7.08. The van der Waals surface area contributed by atoms with Crippen molar-refractivity contribution >= 4 is 17.2 Å². The molecule has 3 aromatic rings. The Hall–Kier alpha value is -2.47. The Bertz CT molecular complexity index is 765. The summed E-state index contributed by atoms with van der Waals surface area (Å²) in [5, 5.41) is 11.2. The molecule has 100 valence electrons. The molecule has 0 saturated heterocycles. The van der Waals surface area contributed by atoms with Crippen molar-refractivity contribution in [2.75, 3.05) is 12.5 Å². The van der Waals surface area contributed by atoms with Crippen molar-refractivity contribution < 1.29 is 9.47 Å². The van der Waals surface area contributed by atoms with Gasteiger partial charge < -0.3 is 15.2 Å². The summed E-state index contributed by atoms with van der Waals surface area (Å²) in [5.74, 6) is 1.97. The van der Waals surface area contributed by atoms with Crippen LogP contribution in [0, 0.1) is 0 Å². The number of benzene rings is 1. The summed E-state index contributed by atoms with van der Waals surface area (Å²) in [7, 11) is 0. The fourth-order valence-electron chi connectivity index (χ4n) is 2.32. The van der Waals surface area contributed by atoms with Gasteiger partial charge >= 0.3 is 0 Å². The summed E-state index contributed by atoms with van der Waals surface area (Å²) in [6.45, 7) is 0.261. The molecule has 0 spiro atoms. The Labute approximate surface area is 119 Å². The summed E-state index contributed by atoms with van der Waals surface area (Å²) >= 11 is 1.63. The van der Waals surface area contributed by atoms with Gasteiger partial charge in [-0.15, -0.1) is 0 Å². The highest BCUT2D eigenvalue weighted by atomic mass is 32.1. The quantitative estimate of drug-likeness (QED) is 0.758. The van der Waals surface area contributed by atoms with E-state index in [2.05, 4.69) is 15.6 Å². The normalized spacial score (nSPS) is 12.8. The standard InChI is InChI=1S/C14H11N3O2S/c15-14-12(13(16-17-14)9-3-4-20-6-9)8-1-2-10-11(5-8)19-7-18-10/h1-6H,7H2,(H3,15,16,17). The van der Waals surface area contributed by atoms with E-state index in [0.29, 0.717) is 5.82 Å². The van der Waals surface area contributed by atoms with Gasteiger partial charge in [0.05, 0.1) is 11.3 Å². The van der Waals surface area contributed by atoms with Gasteiger partial charge in [-0.05, 0) is 29.1 Å². The maximum absolute atomic E-state index is 6.01. The first kappa shape index (κ1) is 11.4. The lowest BCUT2D eigenvalue weighted by atomic mass is 10.0. The van der Waals surface area contributed by atoms with Gasteiger partial charge in [0.15, 0.2) is 17.3 Å². The van der Waals surface area contributed by atoms with Crippen LogP contribution in [0.1, 0.15) is 0 Å². The van der Waals surface area contributed by atoms with Gasteiger partial charge in [0.1, 0.15) is 0 Å². The van der Waals surface area contributed by atoms with Crippen LogP contribution in [-0.4, -0.2) is 17.0 Å². The maximum atomic E-state index is 6.01. The van der Waals surface area contributed by atoms with E-state index in [1.54, 1.807) is 11.3 Å². The van der Waals surface area contributed by atoms with E-state index in [0.717, 1.165) is 33.9 Å². The van der Waals surface area contributed by atoms with Crippen molar-refractivity contribution in [1.82, 2.24) is 10.2 Å². The van der Waals surface area contributed by atoms with Crippen LogP contribution >= 0.6 is 11.3 Å². The van der Waals surface area contributed by atoms with Crippen molar-refractivity contribution in [3.05, 3.63) is 35.0 Å². The molecule has 1 aliphatic heterocycles. The molecule has 5 nitrogen and oxygen atoms in total. The minimum Gasteiger partial charge on any atom is -0.454 e. The monoisotopic (exact) mass is 285 g/mol. The lowest BCUT2D eigenvalue weighted by Gasteiger charge is -2.04. The van der Waals surface area contributed by atoms with E-state index in [-0.39, 0.29) is 6.79 Å². The van der Waals surface area contributed by atoms with Crippen LogP contribution in [0.15, 0.2) is 35.0 Å². The first-order valence-corrected chi connectivity index (χ1v) is 7.03. The number of H-pyrrole nitrogens is 1. The lowest BCUT2D eigenvalue weighted by Crippen LogP contribution is -1.92. The summed E-state index contributed by atoms with van der Waals surface area (Å²) < 4.78 is 10.7. The zero-order chi connectivity index (χ0) is 13.5. The topological polar surface area (TPSA) is 73.2 Å². The number of nitrogens with two attached hydrogens (primary N) is 1. The van der Waals surface area contributed by atoms with Crippen LogP contribution in [-0.2, 0) is 0 Å². The number of aromatic nitrogens is 2. The Kier molecular flexibility index (Phi) is 2.43. The Balaban J connectivity index is 1.88. The van der Waals surface area contributed by atoms with E-state index < -0.39 is 0 Å². The fraction of sp³-hybridized carbons (Fsp3) is 0.0714. The molecule has 0 unspecified atom stereocenters. The second-order valence-corrected chi connectivity index (χ2v) is 5.22. The minimum absolute atomic E-state index is 0.261. The molecule has 0 amide bonds. The van der Waals surface area contributed by atoms with Gasteiger partial charge in [-0.2, -0.15) is 16.4 Å². The number of rotatable bonds is 2. The molecule has 4 rings (SSSR count). The molecule has 1 aliphatic rings. The molecule has 3 heterocycles. The molecule has 6 heteroatoms. The number of thiophene rings is 1. The largest absolute Gasteiger partial charge is 0.454 e. The van der Waals surface area contributed by atoms with E-state index in [1.165, 1.54) is 0 Å². The van der Waals surface area contributed by atoms with Crippen LogP contribution in [0.2, 0.25) is 0 Å². The van der Waals surface area contributed by atoms with Crippen LogP contribution in [0.5, 0.6) is 11.5 Å². The highest BCUT2D eigenvalue weighted by Gasteiger charge is 2.19. The molecule has 20 heavy (non-hydrogen) atoms. The van der Waals surface area contributed by atoms with Gasteiger partial charge in [-0.25, -0.2) is 0 Å². The molecular weight excluding hydrogens is 274 g/mol. The number of nitrogens with zero attached hydrogens (tertiary/aromatic N) is 1. The average Bonchev–Trinajstić information content (AvgIpc) is 3.17. The van der Waals surface area contributed by atoms with Gasteiger partial charge in [-0.3, -0.25) is 5.10 Å². The third kappa shape index (κ3) is 1.65. The summed E-state index contributed by atoms with van der Waals surface area (Å²) in [6, 6.07) is 7.82. The third-order valence-corrected chi connectivity index (χ3v) is 3.95. The van der Waals surface area contributed by atoms with Gasteiger partial charge in [-0.1, -0.05) is 6.07 Å². The molecule has 0 bridgehead atoms. The predicted molar refractivity (Wildman–Crippen MR) is 77.9 cm³/mol. The summed E-state index contributed by atoms with van der Waals surface area (Å²) in [4.78, 5) is 0. The van der Waals surface area contributed by atoms with Crippen LogP contribution in [0.4, 0.5) is 5.82 Å². The number of aromatic amines is 1.